The molecule has 2 unspecified atom stereocenters. The van der Waals surface area contributed by atoms with E-state index in [2.05, 4.69) is 18.7 Å². The van der Waals surface area contributed by atoms with Gasteiger partial charge in [0.2, 0.25) is 0 Å². The van der Waals surface area contributed by atoms with Crippen LogP contribution in [0.15, 0.2) is 0 Å². The molecular weight excluding hydrogens is 252 g/mol. The standard InChI is InChI=1S/C16H34N2O2/c1-5-19-12-10-18(11-13-20-6-2)14-8-7-9-16(3,4)15(14)17/h14-15H,5-13,17H2,1-4H3. The van der Waals surface area contributed by atoms with Crippen LogP contribution in [0.1, 0.15) is 47.0 Å². The molecule has 0 aliphatic heterocycles. The van der Waals surface area contributed by atoms with E-state index >= 15 is 0 Å². The van der Waals surface area contributed by atoms with E-state index < -0.39 is 0 Å². The summed E-state index contributed by atoms with van der Waals surface area (Å²) in [6.07, 6.45) is 3.70. The van der Waals surface area contributed by atoms with Crippen LogP contribution in [0, 0.1) is 5.41 Å². The molecule has 0 aromatic rings. The summed E-state index contributed by atoms with van der Waals surface area (Å²) in [6.45, 7) is 13.7. The second-order valence-corrected chi connectivity index (χ2v) is 6.40. The summed E-state index contributed by atoms with van der Waals surface area (Å²) in [5, 5.41) is 0. The van der Waals surface area contributed by atoms with Crippen LogP contribution < -0.4 is 5.73 Å². The molecule has 0 saturated heterocycles. The smallest absolute Gasteiger partial charge is 0.0593 e. The highest BCUT2D eigenvalue weighted by Crippen LogP contribution is 2.36. The predicted octanol–water partition coefficient (Wildman–Crippen LogP) is 2.27. The van der Waals surface area contributed by atoms with Gasteiger partial charge in [-0.3, -0.25) is 4.90 Å². The molecule has 1 fully saturated rings. The van der Waals surface area contributed by atoms with Crippen LogP contribution in [0.4, 0.5) is 0 Å². The molecule has 0 aromatic carbocycles. The zero-order valence-electron chi connectivity index (χ0n) is 13.9. The van der Waals surface area contributed by atoms with Gasteiger partial charge in [0.15, 0.2) is 0 Å². The molecule has 0 spiro atoms. The van der Waals surface area contributed by atoms with Crippen LogP contribution in [0.3, 0.4) is 0 Å². The third-order valence-corrected chi connectivity index (χ3v) is 4.56. The molecule has 1 aliphatic carbocycles. The first-order valence-electron chi connectivity index (χ1n) is 8.18. The summed E-state index contributed by atoms with van der Waals surface area (Å²) >= 11 is 0. The van der Waals surface area contributed by atoms with Gasteiger partial charge in [-0.1, -0.05) is 20.3 Å². The Labute approximate surface area is 125 Å². The second kappa shape index (κ2) is 8.98. The van der Waals surface area contributed by atoms with Gasteiger partial charge in [-0.05, 0) is 32.1 Å². The molecule has 1 rings (SSSR count). The highest BCUT2D eigenvalue weighted by molar-refractivity contribution is 4.96. The topological polar surface area (TPSA) is 47.7 Å². The molecular formula is C16H34N2O2. The monoisotopic (exact) mass is 286 g/mol. The molecule has 20 heavy (non-hydrogen) atoms. The van der Waals surface area contributed by atoms with Crippen molar-refractivity contribution >= 4 is 0 Å². The molecule has 2 N–H and O–H groups in total. The van der Waals surface area contributed by atoms with Crippen LogP contribution in [-0.2, 0) is 9.47 Å². The Morgan fingerprint density at radius 2 is 1.65 bits per heavy atom. The van der Waals surface area contributed by atoms with Crippen molar-refractivity contribution in [3.63, 3.8) is 0 Å². The Bertz CT molecular complexity index is 249. The van der Waals surface area contributed by atoms with Gasteiger partial charge in [-0.15, -0.1) is 0 Å². The van der Waals surface area contributed by atoms with Gasteiger partial charge in [0, 0.05) is 38.4 Å². The molecule has 4 heteroatoms. The van der Waals surface area contributed by atoms with Crippen LogP contribution in [0.5, 0.6) is 0 Å². The lowest BCUT2D eigenvalue weighted by atomic mass is 9.71. The number of nitrogens with two attached hydrogens (primary N) is 1. The third kappa shape index (κ3) is 5.32. The zero-order valence-corrected chi connectivity index (χ0v) is 13.9. The van der Waals surface area contributed by atoms with Crippen molar-refractivity contribution in [3.8, 4) is 0 Å². The Morgan fingerprint density at radius 1 is 1.10 bits per heavy atom. The summed E-state index contributed by atoms with van der Waals surface area (Å²) in [6, 6.07) is 0.694. The second-order valence-electron chi connectivity index (χ2n) is 6.40. The minimum atomic E-state index is 0.235. The quantitative estimate of drug-likeness (QED) is 0.661. The summed E-state index contributed by atoms with van der Waals surface area (Å²) < 4.78 is 11.1. The van der Waals surface area contributed by atoms with Crippen molar-refractivity contribution in [1.82, 2.24) is 4.90 Å². The van der Waals surface area contributed by atoms with E-state index in [1.54, 1.807) is 0 Å². The van der Waals surface area contributed by atoms with Crippen molar-refractivity contribution in [2.45, 2.75) is 59.0 Å². The van der Waals surface area contributed by atoms with E-state index in [9.17, 15) is 0 Å². The minimum absolute atomic E-state index is 0.235. The number of rotatable bonds is 9. The maximum absolute atomic E-state index is 6.54. The number of nitrogens with zero attached hydrogens (tertiary/aromatic N) is 1. The van der Waals surface area contributed by atoms with Crippen LogP contribution in [-0.4, -0.2) is 56.5 Å². The van der Waals surface area contributed by atoms with Crippen molar-refractivity contribution < 1.29 is 9.47 Å². The van der Waals surface area contributed by atoms with Gasteiger partial charge >= 0.3 is 0 Å². The fourth-order valence-electron chi connectivity index (χ4n) is 3.14. The van der Waals surface area contributed by atoms with Gasteiger partial charge in [-0.2, -0.15) is 0 Å². The van der Waals surface area contributed by atoms with Crippen LogP contribution >= 0.6 is 0 Å². The van der Waals surface area contributed by atoms with E-state index in [4.69, 9.17) is 15.2 Å². The van der Waals surface area contributed by atoms with Gasteiger partial charge in [-0.25, -0.2) is 0 Å². The Hall–Kier alpha value is -0.160. The molecule has 0 bridgehead atoms. The van der Waals surface area contributed by atoms with Gasteiger partial charge in [0.05, 0.1) is 13.2 Å². The van der Waals surface area contributed by atoms with Crippen molar-refractivity contribution in [2.24, 2.45) is 11.1 Å². The predicted molar refractivity (Wildman–Crippen MR) is 84.0 cm³/mol. The molecule has 0 amide bonds. The lowest BCUT2D eigenvalue weighted by Crippen LogP contribution is -2.58. The van der Waals surface area contributed by atoms with E-state index in [0.717, 1.165) is 39.5 Å². The van der Waals surface area contributed by atoms with E-state index in [1.807, 2.05) is 13.8 Å². The fourth-order valence-corrected chi connectivity index (χ4v) is 3.14. The Balaban J connectivity index is 2.59. The minimum Gasteiger partial charge on any atom is -0.380 e. The Morgan fingerprint density at radius 3 is 2.15 bits per heavy atom. The average molecular weight is 286 g/mol. The molecule has 1 saturated carbocycles. The summed E-state index contributed by atoms with van der Waals surface area (Å²) in [5.41, 5.74) is 6.78. The van der Waals surface area contributed by atoms with Gasteiger partial charge in [0.1, 0.15) is 0 Å². The Kier molecular flexibility index (Phi) is 8.03. The van der Waals surface area contributed by atoms with Gasteiger partial charge < -0.3 is 15.2 Å². The van der Waals surface area contributed by atoms with Crippen molar-refractivity contribution in [2.75, 3.05) is 39.5 Å². The fraction of sp³-hybridized carbons (Fsp3) is 1.00. The van der Waals surface area contributed by atoms with Crippen molar-refractivity contribution in [1.29, 1.82) is 0 Å². The molecule has 0 aromatic heterocycles. The molecule has 120 valence electrons. The number of hydrogen-bond donors (Lipinski definition) is 1. The molecule has 4 nitrogen and oxygen atoms in total. The normalized spacial score (nSPS) is 26.1. The maximum Gasteiger partial charge on any atom is 0.0593 e. The molecule has 1 aliphatic rings. The lowest BCUT2D eigenvalue weighted by Gasteiger charge is -2.46. The molecule has 0 radical (unpaired) electrons. The lowest BCUT2D eigenvalue weighted by molar-refractivity contribution is 0.0214. The summed E-state index contributed by atoms with van der Waals surface area (Å²) in [4.78, 5) is 2.48. The SMILES string of the molecule is CCOCCN(CCOCC)C1CCCC(C)(C)C1N. The number of ether oxygens (including phenoxy) is 2. The maximum atomic E-state index is 6.54. The first-order valence-corrected chi connectivity index (χ1v) is 8.18. The van der Waals surface area contributed by atoms with E-state index in [-0.39, 0.29) is 11.5 Å². The van der Waals surface area contributed by atoms with Crippen LogP contribution in [0.25, 0.3) is 0 Å². The first kappa shape index (κ1) is 17.9. The largest absolute Gasteiger partial charge is 0.380 e. The average Bonchev–Trinajstić information content (AvgIpc) is 2.41. The van der Waals surface area contributed by atoms with Crippen LogP contribution in [0.2, 0.25) is 0 Å². The number of hydrogen-bond acceptors (Lipinski definition) is 4. The molecule has 2 atom stereocenters. The zero-order chi connectivity index (χ0) is 15.0. The third-order valence-electron chi connectivity index (χ3n) is 4.56. The van der Waals surface area contributed by atoms with E-state index in [1.165, 1.54) is 19.3 Å². The molecule has 0 heterocycles. The highest BCUT2D eigenvalue weighted by atomic mass is 16.5. The summed E-state index contributed by atoms with van der Waals surface area (Å²) in [5.74, 6) is 0. The first-order chi connectivity index (χ1) is 9.53. The van der Waals surface area contributed by atoms with Gasteiger partial charge in [0.25, 0.3) is 0 Å². The van der Waals surface area contributed by atoms with Crippen molar-refractivity contribution in [3.05, 3.63) is 0 Å². The summed E-state index contributed by atoms with van der Waals surface area (Å²) in [7, 11) is 0. The van der Waals surface area contributed by atoms with E-state index in [0.29, 0.717) is 6.04 Å². The highest BCUT2D eigenvalue weighted by Gasteiger charge is 2.38.